The molecule has 1 aromatic rings. The molecule has 0 aromatic heterocycles. The van der Waals surface area contributed by atoms with E-state index < -0.39 is 10.0 Å². The molecule has 1 N–H and O–H groups in total. The van der Waals surface area contributed by atoms with Crippen LogP contribution in [0.4, 0.5) is 0 Å². The molecule has 0 saturated carbocycles. The number of hydrogen-bond acceptors (Lipinski definition) is 2. The summed E-state index contributed by atoms with van der Waals surface area (Å²) >= 11 is 8.86. The Hall–Kier alpha value is -0.100. The van der Waals surface area contributed by atoms with Gasteiger partial charge in [0, 0.05) is 4.47 Å². The van der Waals surface area contributed by atoms with Crippen LogP contribution in [0.3, 0.4) is 0 Å². The van der Waals surface area contributed by atoms with E-state index in [9.17, 15) is 8.42 Å². The Labute approximate surface area is 90.3 Å². The first-order valence-electron chi connectivity index (χ1n) is 3.36. The molecule has 13 heavy (non-hydrogen) atoms. The molecule has 6 heteroatoms. The first kappa shape index (κ1) is 11.0. The van der Waals surface area contributed by atoms with Crippen molar-refractivity contribution >= 4 is 37.6 Å². The Bertz CT molecular complexity index is 419. The second-order valence-corrected chi connectivity index (χ2v) is 5.43. The van der Waals surface area contributed by atoms with Crippen LogP contribution in [0.2, 0.25) is 5.02 Å². The molecule has 0 radical (unpaired) electrons. The third-order valence-corrected chi connectivity index (χ3v) is 4.10. The monoisotopic (exact) mass is 283 g/mol. The number of benzene rings is 1. The average Bonchev–Trinajstić information content (AvgIpc) is 2.09. The molecule has 1 aromatic carbocycles. The summed E-state index contributed by atoms with van der Waals surface area (Å²) in [5.41, 5.74) is 0. The summed E-state index contributed by atoms with van der Waals surface area (Å²) < 4.78 is 25.4. The highest BCUT2D eigenvalue weighted by Gasteiger charge is 2.11. The van der Waals surface area contributed by atoms with Gasteiger partial charge in [-0.2, -0.15) is 0 Å². The SMILES string of the molecule is CNS(=O)(=O)c1ccc(Cl)c(Br)c1. The molecular formula is C7H7BrClNO2S. The molecule has 72 valence electrons. The van der Waals surface area contributed by atoms with Crippen molar-refractivity contribution in [3.63, 3.8) is 0 Å². The van der Waals surface area contributed by atoms with Gasteiger partial charge in [0.2, 0.25) is 10.0 Å². The van der Waals surface area contributed by atoms with Crippen LogP contribution in [0.25, 0.3) is 0 Å². The van der Waals surface area contributed by atoms with E-state index >= 15 is 0 Å². The van der Waals surface area contributed by atoms with Gasteiger partial charge in [0.1, 0.15) is 0 Å². The van der Waals surface area contributed by atoms with E-state index in [0.29, 0.717) is 9.50 Å². The Morgan fingerprint density at radius 1 is 1.46 bits per heavy atom. The molecule has 0 saturated heterocycles. The maximum atomic E-state index is 11.3. The third kappa shape index (κ3) is 2.43. The van der Waals surface area contributed by atoms with Crippen LogP contribution in [-0.2, 0) is 10.0 Å². The van der Waals surface area contributed by atoms with E-state index in [4.69, 9.17) is 11.6 Å². The van der Waals surface area contributed by atoms with Crippen molar-refractivity contribution in [3.05, 3.63) is 27.7 Å². The van der Waals surface area contributed by atoms with Crippen molar-refractivity contribution < 1.29 is 8.42 Å². The zero-order chi connectivity index (χ0) is 10.1. The van der Waals surface area contributed by atoms with Crippen LogP contribution >= 0.6 is 27.5 Å². The average molecular weight is 285 g/mol. The predicted molar refractivity (Wildman–Crippen MR) is 55.4 cm³/mol. The highest BCUT2D eigenvalue weighted by molar-refractivity contribution is 9.10. The molecule has 0 fully saturated rings. The highest BCUT2D eigenvalue weighted by atomic mass is 79.9. The lowest BCUT2D eigenvalue weighted by atomic mass is 10.4. The number of halogens is 2. The maximum absolute atomic E-state index is 11.3. The summed E-state index contributed by atoms with van der Waals surface area (Å²) in [6.07, 6.45) is 0. The topological polar surface area (TPSA) is 46.2 Å². The highest BCUT2D eigenvalue weighted by Crippen LogP contribution is 2.24. The summed E-state index contributed by atoms with van der Waals surface area (Å²) in [6, 6.07) is 4.42. The summed E-state index contributed by atoms with van der Waals surface area (Å²) in [5.74, 6) is 0. The van der Waals surface area contributed by atoms with Gasteiger partial charge in [-0.3, -0.25) is 0 Å². The van der Waals surface area contributed by atoms with E-state index in [2.05, 4.69) is 20.7 Å². The van der Waals surface area contributed by atoms with Crippen molar-refractivity contribution in [1.29, 1.82) is 0 Å². The lowest BCUT2D eigenvalue weighted by Gasteiger charge is -2.03. The Balaban J connectivity index is 3.27. The van der Waals surface area contributed by atoms with Crippen LogP contribution in [0.15, 0.2) is 27.6 Å². The molecule has 0 amide bonds. The Kier molecular flexibility index (Phi) is 3.34. The van der Waals surface area contributed by atoms with Crippen LogP contribution in [0.1, 0.15) is 0 Å². The molecule has 0 aliphatic carbocycles. The maximum Gasteiger partial charge on any atom is 0.240 e. The summed E-state index contributed by atoms with van der Waals surface area (Å²) in [5, 5.41) is 0.482. The normalized spacial score (nSPS) is 11.6. The van der Waals surface area contributed by atoms with E-state index in [-0.39, 0.29) is 4.90 Å². The molecule has 0 bridgehead atoms. The van der Waals surface area contributed by atoms with Crippen LogP contribution < -0.4 is 4.72 Å². The Morgan fingerprint density at radius 2 is 2.08 bits per heavy atom. The molecule has 0 spiro atoms. The van der Waals surface area contributed by atoms with Crippen LogP contribution in [0, 0.1) is 0 Å². The molecule has 0 atom stereocenters. The van der Waals surface area contributed by atoms with Crippen molar-refractivity contribution in [3.8, 4) is 0 Å². The fourth-order valence-electron chi connectivity index (χ4n) is 0.762. The minimum atomic E-state index is -3.38. The van der Waals surface area contributed by atoms with Crippen molar-refractivity contribution in [2.45, 2.75) is 4.90 Å². The molecule has 0 heterocycles. The van der Waals surface area contributed by atoms with Gasteiger partial charge in [-0.05, 0) is 41.2 Å². The number of sulfonamides is 1. The quantitative estimate of drug-likeness (QED) is 0.903. The second-order valence-electron chi connectivity index (χ2n) is 2.28. The number of hydrogen-bond donors (Lipinski definition) is 1. The van der Waals surface area contributed by atoms with Gasteiger partial charge in [-0.15, -0.1) is 0 Å². The summed E-state index contributed by atoms with van der Waals surface area (Å²) in [7, 11) is -2.02. The molecular weight excluding hydrogens is 278 g/mol. The van der Waals surface area contributed by atoms with Crippen molar-refractivity contribution in [2.75, 3.05) is 7.05 Å². The third-order valence-electron chi connectivity index (χ3n) is 1.47. The molecule has 3 nitrogen and oxygen atoms in total. The van der Waals surface area contributed by atoms with E-state index in [1.807, 2.05) is 0 Å². The Morgan fingerprint density at radius 3 is 2.54 bits per heavy atom. The van der Waals surface area contributed by atoms with Gasteiger partial charge in [0.25, 0.3) is 0 Å². The van der Waals surface area contributed by atoms with Crippen LogP contribution in [-0.4, -0.2) is 15.5 Å². The fraction of sp³-hybridized carbons (Fsp3) is 0.143. The second kappa shape index (κ2) is 3.96. The predicted octanol–water partition coefficient (Wildman–Crippen LogP) is 2.01. The van der Waals surface area contributed by atoms with E-state index in [1.54, 1.807) is 0 Å². The van der Waals surface area contributed by atoms with Gasteiger partial charge in [-0.25, -0.2) is 13.1 Å². The molecule has 1 rings (SSSR count). The summed E-state index contributed by atoms with van der Waals surface area (Å²) in [6.45, 7) is 0. The first-order chi connectivity index (χ1) is 5.97. The van der Waals surface area contributed by atoms with Crippen molar-refractivity contribution in [1.82, 2.24) is 4.72 Å². The largest absolute Gasteiger partial charge is 0.240 e. The zero-order valence-electron chi connectivity index (χ0n) is 6.71. The van der Waals surface area contributed by atoms with Crippen LogP contribution in [0.5, 0.6) is 0 Å². The first-order valence-corrected chi connectivity index (χ1v) is 6.01. The zero-order valence-corrected chi connectivity index (χ0v) is 9.87. The van der Waals surface area contributed by atoms with E-state index in [1.165, 1.54) is 25.2 Å². The molecule has 0 unspecified atom stereocenters. The lowest BCUT2D eigenvalue weighted by Crippen LogP contribution is -2.18. The smallest absolute Gasteiger partial charge is 0.214 e. The molecule has 0 aliphatic rings. The van der Waals surface area contributed by atoms with Gasteiger partial charge < -0.3 is 0 Å². The summed E-state index contributed by atoms with van der Waals surface area (Å²) in [4.78, 5) is 0.186. The number of nitrogens with one attached hydrogen (secondary N) is 1. The van der Waals surface area contributed by atoms with Gasteiger partial charge >= 0.3 is 0 Å². The van der Waals surface area contributed by atoms with Gasteiger partial charge in [0.05, 0.1) is 9.92 Å². The minimum absolute atomic E-state index is 0.186. The fourth-order valence-corrected chi connectivity index (χ4v) is 2.17. The molecule has 0 aliphatic heterocycles. The number of rotatable bonds is 2. The van der Waals surface area contributed by atoms with E-state index in [0.717, 1.165) is 0 Å². The van der Waals surface area contributed by atoms with Gasteiger partial charge in [-0.1, -0.05) is 11.6 Å². The van der Waals surface area contributed by atoms with Crippen molar-refractivity contribution in [2.24, 2.45) is 0 Å². The minimum Gasteiger partial charge on any atom is -0.214 e. The standard InChI is InChI=1S/C7H7BrClNO2S/c1-10-13(11,12)5-2-3-7(9)6(8)4-5/h2-4,10H,1H3. The van der Waals surface area contributed by atoms with Gasteiger partial charge in [0.15, 0.2) is 0 Å². The lowest BCUT2D eigenvalue weighted by molar-refractivity contribution is 0.588.